The minimum absolute atomic E-state index is 0.0421. The largest absolute Gasteiger partial charge is 0.396 e. The number of nitrogens with two attached hydrogens (primary N) is 1. The summed E-state index contributed by atoms with van der Waals surface area (Å²) in [7, 11) is 0. The van der Waals surface area contributed by atoms with Crippen LogP contribution in [0, 0.1) is 52.3 Å². The Bertz CT molecular complexity index is 769. The Morgan fingerprint density at radius 2 is 1.60 bits per heavy atom. The van der Waals surface area contributed by atoms with Crippen molar-refractivity contribution in [2.75, 3.05) is 32.8 Å². The van der Waals surface area contributed by atoms with Crippen LogP contribution in [0.25, 0.3) is 0 Å². The molecule has 0 heterocycles. The van der Waals surface area contributed by atoms with Gasteiger partial charge in [-0.25, -0.2) is 0 Å². The highest BCUT2D eigenvalue weighted by molar-refractivity contribution is 5.12. The van der Waals surface area contributed by atoms with Gasteiger partial charge in [-0.05, 0) is 156 Å². The van der Waals surface area contributed by atoms with Crippen molar-refractivity contribution in [2.45, 2.75) is 129 Å². The van der Waals surface area contributed by atoms with Crippen molar-refractivity contribution >= 4 is 0 Å². The molecule has 0 aromatic heterocycles. The molecule has 4 aliphatic carbocycles. The molecule has 0 aromatic rings. The Hall–Kier alpha value is -0.240. The van der Waals surface area contributed by atoms with Gasteiger partial charge in [0.1, 0.15) is 0 Å². The summed E-state index contributed by atoms with van der Waals surface area (Å²) in [6.07, 6.45) is 14.7. The fourth-order valence-electron chi connectivity index (χ4n) is 10.5. The minimum atomic E-state index is -0.405. The number of fused-ring (bicyclic) bond motifs is 5. The molecule has 4 rings (SSSR count). The number of nitrogens with one attached hydrogen (secondary N) is 2. The van der Waals surface area contributed by atoms with Crippen LogP contribution in [0.15, 0.2) is 0 Å². The van der Waals surface area contributed by atoms with Gasteiger partial charge >= 0.3 is 0 Å². The van der Waals surface area contributed by atoms with Gasteiger partial charge in [-0.15, -0.1) is 0 Å². The van der Waals surface area contributed by atoms with E-state index in [9.17, 15) is 15.3 Å². The zero-order chi connectivity index (χ0) is 28.9. The van der Waals surface area contributed by atoms with Crippen molar-refractivity contribution in [1.29, 1.82) is 0 Å². The Morgan fingerprint density at radius 1 is 0.875 bits per heavy atom. The quantitative estimate of drug-likeness (QED) is 0.161. The molecular weight excluding hydrogens is 498 g/mol. The van der Waals surface area contributed by atoms with Crippen LogP contribution in [0.4, 0.5) is 0 Å². The highest BCUT2D eigenvalue weighted by atomic mass is 16.3. The van der Waals surface area contributed by atoms with Crippen LogP contribution in [0.2, 0.25) is 0 Å². The van der Waals surface area contributed by atoms with E-state index in [-0.39, 0.29) is 18.6 Å². The molecule has 40 heavy (non-hydrogen) atoms. The number of aliphatic hydroxyl groups is 3. The fraction of sp³-hybridized carbons (Fsp3) is 1.00. The molecule has 4 aliphatic rings. The van der Waals surface area contributed by atoms with Crippen molar-refractivity contribution in [3.8, 4) is 0 Å². The summed E-state index contributed by atoms with van der Waals surface area (Å²) in [6.45, 7) is 13.6. The topological polar surface area (TPSA) is 111 Å². The van der Waals surface area contributed by atoms with Gasteiger partial charge in [-0.2, -0.15) is 0 Å². The molecule has 0 saturated heterocycles. The molecule has 12 unspecified atom stereocenters. The molecule has 234 valence electrons. The predicted molar refractivity (Wildman–Crippen MR) is 165 cm³/mol. The summed E-state index contributed by atoms with van der Waals surface area (Å²) in [5, 5.41) is 39.0. The molecule has 0 spiro atoms. The number of hydrogen-bond acceptors (Lipinski definition) is 6. The summed E-state index contributed by atoms with van der Waals surface area (Å²) >= 11 is 0. The van der Waals surface area contributed by atoms with Gasteiger partial charge in [-0.3, -0.25) is 0 Å². The standard InChI is InChI=1S/C34H65N3O3/c1-23(8-11-30(39)24(2)22-38)27-9-10-28-32-29(13-15-34(27,28)4)33(3)14-12-26(20-25(33)21-31(32)40)37-19-7-18-36-17-6-5-16-35/h23-32,36-40H,5-22,35H2,1-4H3. The van der Waals surface area contributed by atoms with Gasteiger partial charge < -0.3 is 31.7 Å². The zero-order valence-corrected chi connectivity index (χ0v) is 26.4. The van der Waals surface area contributed by atoms with Gasteiger partial charge in [0, 0.05) is 18.6 Å². The second-order valence-corrected chi connectivity index (χ2v) is 15.3. The van der Waals surface area contributed by atoms with E-state index in [1.165, 1.54) is 57.8 Å². The maximum absolute atomic E-state index is 11.7. The second kappa shape index (κ2) is 14.5. The maximum atomic E-state index is 11.7. The number of aliphatic hydroxyl groups excluding tert-OH is 3. The van der Waals surface area contributed by atoms with Gasteiger partial charge in [-0.1, -0.05) is 27.7 Å². The van der Waals surface area contributed by atoms with Crippen molar-refractivity contribution < 1.29 is 15.3 Å². The van der Waals surface area contributed by atoms with Gasteiger partial charge in [0.25, 0.3) is 0 Å². The van der Waals surface area contributed by atoms with Crippen LogP contribution in [0.1, 0.15) is 111 Å². The van der Waals surface area contributed by atoms with Crippen LogP contribution in [-0.4, -0.2) is 66.4 Å². The van der Waals surface area contributed by atoms with Crippen LogP contribution >= 0.6 is 0 Å². The highest BCUT2D eigenvalue weighted by Gasteiger charge is 2.62. The second-order valence-electron chi connectivity index (χ2n) is 15.3. The number of hydrogen-bond donors (Lipinski definition) is 6. The van der Waals surface area contributed by atoms with E-state index in [1.54, 1.807) is 0 Å². The maximum Gasteiger partial charge on any atom is 0.0587 e. The first-order chi connectivity index (χ1) is 19.2. The van der Waals surface area contributed by atoms with E-state index >= 15 is 0 Å². The molecule has 4 saturated carbocycles. The lowest BCUT2D eigenvalue weighted by molar-refractivity contribution is -0.167. The third kappa shape index (κ3) is 6.94. The summed E-state index contributed by atoms with van der Waals surface area (Å²) in [4.78, 5) is 0. The summed E-state index contributed by atoms with van der Waals surface area (Å²) in [5.74, 6) is 3.63. The molecule has 4 fully saturated rings. The van der Waals surface area contributed by atoms with Crippen LogP contribution < -0.4 is 16.4 Å². The van der Waals surface area contributed by atoms with E-state index in [4.69, 9.17) is 5.73 Å². The third-order valence-corrected chi connectivity index (χ3v) is 13.1. The van der Waals surface area contributed by atoms with Crippen LogP contribution in [0.5, 0.6) is 0 Å². The predicted octanol–water partition coefficient (Wildman–Crippen LogP) is 4.70. The Labute approximate surface area is 246 Å². The smallest absolute Gasteiger partial charge is 0.0587 e. The Balaban J connectivity index is 1.30. The SMILES string of the molecule is CC(CO)C(O)CCC(C)C1CCC2C3C(O)CC4CC(NCCCNCCCCN)CCC4(C)C3CCC12C. The molecule has 0 bridgehead atoms. The summed E-state index contributed by atoms with van der Waals surface area (Å²) in [6, 6.07) is 0.605. The van der Waals surface area contributed by atoms with Crippen molar-refractivity contribution in [2.24, 2.45) is 58.0 Å². The third-order valence-electron chi connectivity index (χ3n) is 13.1. The molecule has 0 radical (unpaired) electrons. The lowest BCUT2D eigenvalue weighted by atomic mass is 9.43. The molecule has 6 nitrogen and oxygen atoms in total. The van der Waals surface area contributed by atoms with E-state index in [0.717, 1.165) is 51.9 Å². The highest BCUT2D eigenvalue weighted by Crippen LogP contribution is 2.68. The molecule has 6 heteroatoms. The first-order valence-electron chi connectivity index (χ1n) is 17.3. The van der Waals surface area contributed by atoms with Gasteiger partial charge in [0.05, 0.1) is 12.2 Å². The minimum Gasteiger partial charge on any atom is -0.396 e. The lowest BCUT2D eigenvalue weighted by Gasteiger charge is -2.62. The van der Waals surface area contributed by atoms with E-state index in [1.807, 2.05) is 6.92 Å². The Morgan fingerprint density at radius 3 is 2.35 bits per heavy atom. The molecule has 0 aliphatic heterocycles. The van der Waals surface area contributed by atoms with Crippen LogP contribution in [-0.2, 0) is 0 Å². The zero-order valence-electron chi connectivity index (χ0n) is 26.4. The van der Waals surface area contributed by atoms with E-state index < -0.39 is 6.10 Å². The van der Waals surface area contributed by atoms with Crippen molar-refractivity contribution in [3.05, 3.63) is 0 Å². The van der Waals surface area contributed by atoms with Gasteiger partial charge in [0.15, 0.2) is 0 Å². The van der Waals surface area contributed by atoms with E-state index in [2.05, 4.69) is 31.4 Å². The van der Waals surface area contributed by atoms with Gasteiger partial charge in [0.2, 0.25) is 0 Å². The number of unbranched alkanes of at least 4 members (excludes halogenated alkanes) is 1. The van der Waals surface area contributed by atoms with Crippen molar-refractivity contribution in [1.82, 2.24) is 10.6 Å². The lowest BCUT2D eigenvalue weighted by Crippen LogP contribution is -2.59. The molecular formula is C34H65N3O3. The summed E-state index contributed by atoms with van der Waals surface area (Å²) in [5.41, 5.74) is 6.27. The molecule has 0 amide bonds. The molecule has 12 atom stereocenters. The number of rotatable bonds is 15. The van der Waals surface area contributed by atoms with Crippen LogP contribution in [0.3, 0.4) is 0 Å². The first-order valence-corrected chi connectivity index (χ1v) is 17.3. The molecule has 0 aromatic carbocycles. The summed E-state index contributed by atoms with van der Waals surface area (Å²) < 4.78 is 0. The first kappa shape index (κ1) is 32.7. The average Bonchev–Trinajstić information content (AvgIpc) is 3.30. The Kier molecular flexibility index (Phi) is 11.8. The monoisotopic (exact) mass is 564 g/mol. The average molecular weight is 564 g/mol. The molecule has 7 N–H and O–H groups in total. The van der Waals surface area contributed by atoms with E-state index in [0.29, 0.717) is 52.4 Å². The fourth-order valence-corrected chi connectivity index (χ4v) is 10.5. The normalized spacial score (nSPS) is 41.5. The van der Waals surface area contributed by atoms with Crippen molar-refractivity contribution in [3.63, 3.8) is 0 Å².